The summed E-state index contributed by atoms with van der Waals surface area (Å²) in [5.74, 6) is -1.37. The quantitative estimate of drug-likeness (QED) is 0.310. The fourth-order valence-corrected chi connectivity index (χ4v) is 3.57. The molecule has 0 saturated carbocycles. The Morgan fingerprint density at radius 1 is 0.879 bits per heavy atom. The summed E-state index contributed by atoms with van der Waals surface area (Å²) in [5.41, 5.74) is -1.95. The summed E-state index contributed by atoms with van der Waals surface area (Å²) in [4.78, 5) is 43.9. The molecule has 0 aromatic rings. The number of aliphatic hydroxyl groups is 3. The van der Waals surface area contributed by atoms with Gasteiger partial charge in [0.1, 0.15) is 12.2 Å². The largest absolute Gasteiger partial charge is 0.642 e. The Morgan fingerprint density at radius 2 is 1.30 bits per heavy atom. The fourth-order valence-electron chi connectivity index (χ4n) is 3.57. The molecule has 176 valence electrons. The van der Waals surface area contributed by atoms with Gasteiger partial charge in [0.15, 0.2) is 11.6 Å². The van der Waals surface area contributed by atoms with Crippen LogP contribution in [0.4, 0.5) is 0 Å². The van der Waals surface area contributed by atoms with Gasteiger partial charge in [-0.15, -0.1) is 0 Å². The van der Waals surface area contributed by atoms with Crippen LogP contribution in [0.1, 0.15) is 26.2 Å². The van der Waals surface area contributed by atoms with E-state index >= 15 is 0 Å². The third kappa shape index (κ3) is 7.59. The second-order valence-corrected chi connectivity index (χ2v) is 7.44. The number of rotatable bonds is 3. The van der Waals surface area contributed by atoms with E-state index in [9.17, 15) is 34.5 Å². The molecule has 2 unspecified atom stereocenters. The minimum Gasteiger partial charge on any atom is -0.642 e. The van der Waals surface area contributed by atoms with Crippen LogP contribution in [-0.2, 0) is 131 Å². The molecule has 3 N–H and O–H groups in total. The molecule has 2 heterocycles. The Balaban J connectivity index is 0. The summed E-state index contributed by atoms with van der Waals surface area (Å²) >= 11 is 0. The average Bonchev–Trinajstić information content (AvgIpc) is 2.63. The van der Waals surface area contributed by atoms with E-state index in [0.29, 0.717) is 6.61 Å². The number of carbonyl (C=O) groups is 4. The van der Waals surface area contributed by atoms with Crippen LogP contribution in [0.25, 0.3) is 10.6 Å². The monoisotopic (exact) mass is 952 g/mol. The van der Waals surface area contributed by atoms with Crippen molar-refractivity contribution < 1.29 is 147 Å². The summed E-state index contributed by atoms with van der Waals surface area (Å²) in [6.45, 7) is 2.33. The number of carbonyl (C=O) groups excluding carboxylic acids is 4. The SMILES string of the molecule is CCCO[C@@H]1C(=O)C=CC2(CC(=O)[N-]2)[C@@H]1O.O=C1CC2(C=CC(=O)[C@@H](O)[C@H]2O)[N-]1.[W].[W].[Y].[Y]. The zero-order chi connectivity index (χ0) is 21.4. The van der Waals surface area contributed by atoms with Gasteiger partial charge in [0.2, 0.25) is 0 Å². The minimum absolute atomic E-state index is 0. The second-order valence-electron chi connectivity index (χ2n) is 7.44. The van der Waals surface area contributed by atoms with Crippen LogP contribution in [0.2, 0.25) is 0 Å². The molecule has 4 rings (SSSR count). The minimum atomic E-state index is -1.46. The van der Waals surface area contributed by atoms with Crippen LogP contribution in [0, 0.1) is 0 Å². The van der Waals surface area contributed by atoms with Gasteiger partial charge in [-0.1, -0.05) is 19.1 Å². The first kappa shape index (κ1) is 36.3. The van der Waals surface area contributed by atoms with Crippen molar-refractivity contribution in [3.63, 3.8) is 0 Å². The Hall–Kier alpha value is 1.18. The van der Waals surface area contributed by atoms with Gasteiger partial charge in [0.25, 0.3) is 0 Å². The molecule has 2 amide bonds. The molecule has 2 spiro atoms. The molecule has 2 aliphatic carbocycles. The maximum atomic E-state index is 11.5. The number of β-lactam (4-membered cyclic amide) rings is 2. The first-order valence-corrected chi connectivity index (χ1v) is 9.27. The molecule has 0 aromatic carbocycles. The van der Waals surface area contributed by atoms with Crippen LogP contribution in [0.15, 0.2) is 24.3 Å². The number of nitrogens with zero attached hydrogens (tertiary/aromatic N) is 2. The van der Waals surface area contributed by atoms with Crippen molar-refractivity contribution in [3.05, 3.63) is 34.9 Å². The van der Waals surface area contributed by atoms with Crippen molar-refractivity contribution in [2.24, 2.45) is 0 Å². The average molecular weight is 952 g/mol. The van der Waals surface area contributed by atoms with Gasteiger partial charge < -0.3 is 40.3 Å². The molecule has 2 radical (unpaired) electrons. The maximum absolute atomic E-state index is 11.5. The molecule has 0 bridgehead atoms. The number of hydrogen-bond acceptors (Lipinski definition) is 8. The van der Waals surface area contributed by atoms with Crippen molar-refractivity contribution in [1.82, 2.24) is 0 Å². The van der Waals surface area contributed by atoms with Gasteiger partial charge in [0.05, 0.1) is 24.0 Å². The van der Waals surface area contributed by atoms with E-state index in [-0.39, 0.29) is 138 Å². The first-order chi connectivity index (χ1) is 13.6. The number of aliphatic hydroxyl groups excluding tert-OH is 3. The number of amides is 2. The molecule has 33 heavy (non-hydrogen) atoms. The zero-order valence-corrected chi connectivity index (χ0v) is 29.2. The third-order valence-electron chi connectivity index (χ3n) is 5.29. The zero-order valence-electron chi connectivity index (χ0n) is 17.7. The van der Waals surface area contributed by atoms with Crippen LogP contribution in [-0.4, -0.2) is 80.8 Å². The van der Waals surface area contributed by atoms with Crippen molar-refractivity contribution in [2.75, 3.05) is 6.61 Å². The molecule has 2 aliphatic heterocycles. The van der Waals surface area contributed by atoms with E-state index in [1.54, 1.807) is 0 Å². The normalized spacial score (nSPS) is 35.2. The van der Waals surface area contributed by atoms with Gasteiger partial charge in [-0.2, -0.15) is 0 Å². The predicted octanol–water partition coefficient (Wildman–Crippen LogP) is -0.796. The fraction of sp³-hybridized carbons (Fsp3) is 0.579. The number of hydrogen-bond donors (Lipinski definition) is 3. The summed E-state index contributed by atoms with van der Waals surface area (Å²) in [6, 6.07) is 0. The summed E-state index contributed by atoms with van der Waals surface area (Å²) < 4.78 is 5.30. The molecule has 6 atom stereocenters. The standard InChI is InChI=1S/C11H15NO4.C8H9NO4.2W.2Y/c1-2-5-16-9-7(13)3-4-11(10(9)15)6-8(14)12-11;10-4-1-2-8(3-5(11)9-8)7(13)6(4)12;;;;/h3-4,9-10,15H,2,5-6H2,1H3,(H,12,14);1-2,6-7,12-13H,3H2,(H,9,11);;;;/p-2/t9-,10-,11?;6-,7-,8?;;;;/m11..../s1. The van der Waals surface area contributed by atoms with Gasteiger partial charge in [-0.3, -0.25) is 9.59 Å². The molecule has 2 saturated heterocycles. The Bertz CT molecular complexity index is 795. The van der Waals surface area contributed by atoms with E-state index in [4.69, 9.17) is 4.74 Å². The summed E-state index contributed by atoms with van der Waals surface area (Å²) in [6.07, 6.45) is 1.71. The van der Waals surface area contributed by atoms with Crippen LogP contribution < -0.4 is 0 Å². The van der Waals surface area contributed by atoms with E-state index in [2.05, 4.69) is 10.6 Å². The molecule has 4 aliphatic rings. The Labute approximate surface area is 270 Å². The van der Waals surface area contributed by atoms with E-state index in [1.807, 2.05) is 6.92 Å². The first-order valence-electron chi connectivity index (χ1n) is 9.27. The number of ether oxygens (including phenoxy) is 1. The molecule has 14 heteroatoms. The van der Waals surface area contributed by atoms with E-state index in [0.717, 1.165) is 12.5 Å². The predicted molar refractivity (Wildman–Crippen MR) is 97.8 cm³/mol. The Morgan fingerprint density at radius 3 is 1.73 bits per heavy atom. The molecule has 10 nitrogen and oxygen atoms in total. The molecule has 2 fully saturated rings. The number of ketones is 2. The van der Waals surface area contributed by atoms with Crippen LogP contribution >= 0.6 is 0 Å². The van der Waals surface area contributed by atoms with Gasteiger partial charge >= 0.3 is 0 Å². The molecular formula is C19H22N2O8W2Y2-2. The summed E-state index contributed by atoms with van der Waals surface area (Å²) in [5, 5.41) is 36.1. The van der Waals surface area contributed by atoms with Crippen LogP contribution in [0.5, 0.6) is 0 Å². The molecular weight excluding hydrogens is 930 g/mol. The third-order valence-corrected chi connectivity index (χ3v) is 5.29. The summed E-state index contributed by atoms with van der Waals surface area (Å²) in [7, 11) is 0. The van der Waals surface area contributed by atoms with Crippen LogP contribution in [0.3, 0.4) is 0 Å². The van der Waals surface area contributed by atoms with Gasteiger partial charge in [-0.05, 0) is 42.5 Å². The van der Waals surface area contributed by atoms with E-state index in [1.165, 1.54) is 18.2 Å². The van der Waals surface area contributed by atoms with Gasteiger partial charge in [0, 0.05) is 114 Å². The second kappa shape index (κ2) is 14.8. The van der Waals surface area contributed by atoms with Crippen molar-refractivity contribution >= 4 is 23.4 Å². The topological polar surface area (TPSA) is 166 Å². The van der Waals surface area contributed by atoms with Crippen molar-refractivity contribution in [1.29, 1.82) is 0 Å². The smallest absolute Gasteiger partial charge is 0.186 e. The Kier molecular flexibility index (Phi) is 16.3. The molecule has 0 aromatic heterocycles. The van der Waals surface area contributed by atoms with Crippen molar-refractivity contribution in [3.8, 4) is 0 Å². The van der Waals surface area contributed by atoms with E-state index < -0.39 is 41.3 Å². The maximum Gasteiger partial charge on any atom is 0.186 e. The van der Waals surface area contributed by atoms with Crippen molar-refractivity contribution in [2.45, 2.75) is 61.7 Å². The van der Waals surface area contributed by atoms with Gasteiger partial charge in [-0.25, -0.2) is 0 Å².